The lowest BCUT2D eigenvalue weighted by Gasteiger charge is -2.10. The largest absolute Gasteiger partial charge is 0.340 e. The van der Waals surface area contributed by atoms with E-state index in [0.29, 0.717) is 17.4 Å². The number of nitrogens with zero attached hydrogens (tertiary/aromatic N) is 4. The molecule has 1 fully saturated rings. The fourth-order valence-electron chi connectivity index (χ4n) is 2.99. The van der Waals surface area contributed by atoms with Gasteiger partial charge in [-0.3, -0.25) is 18.7 Å². The Bertz CT molecular complexity index is 1120. The second-order valence-electron chi connectivity index (χ2n) is 6.29. The molecule has 3 aromatic rings. The highest BCUT2D eigenvalue weighted by Gasteiger charge is 2.26. The van der Waals surface area contributed by atoms with E-state index in [1.807, 2.05) is 16.8 Å². The molecule has 1 aliphatic rings. The molecule has 1 N–H and O–H groups in total. The molecule has 0 bridgehead atoms. The van der Waals surface area contributed by atoms with Crippen LogP contribution in [0, 0.1) is 0 Å². The minimum absolute atomic E-state index is 0.250. The molecule has 128 valence electrons. The van der Waals surface area contributed by atoms with Crippen LogP contribution in [-0.2, 0) is 14.1 Å². The number of aryl methyl sites for hydroxylation is 1. The van der Waals surface area contributed by atoms with E-state index in [1.165, 1.54) is 17.8 Å². The molecule has 3 aromatic heterocycles. The third kappa shape index (κ3) is 2.46. The molecule has 0 unspecified atom stereocenters. The molecule has 1 aliphatic carbocycles. The number of hydrogen-bond acceptors (Lipinski definition) is 4. The van der Waals surface area contributed by atoms with Gasteiger partial charge in [-0.25, -0.2) is 9.78 Å². The Kier molecular flexibility index (Phi) is 3.34. The van der Waals surface area contributed by atoms with Gasteiger partial charge in [-0.2, -0.15) is 0 Å². The van der Waals surface area contributed by atoms with E-state index in [-0.39, 0.29) is 16.9 Å². The number of pyridine rings is 1. The highest BCUT2D eigenvalue weighted by atomic mass is 16.2. The predicted octanol–water partition coefficient (Wildman–Crippen LogP) is 1.02. The summed E-state index contributed by atoms with van der Waals surface area (Å²) in [4.78, 5) is 41.0. The fraction of sp³-hybridized carbons (Fsp3) is 0.294. The van der Waals surface area contributed by atoms with Crippen molar-refractivity contribution in [1.82, 2.24) is 18.7 Å². The number of aromatic nitrogens is 4. The maximum absolute atomic E-state index is 12.5. The molecule has 4 rings (SSSR count). The molecule has 0 aliphatic heterocycles. The van der Waals surface area contributed by atoms with Gasteiger partial charge < -0.3 is 9.88 Å². The molecule has 0 aromatic carbocycles. The first-order valence-corrected chi connectivity index (χ1v) is 8.01. The quantitative estimate of drug-likeness (QED) is 0.771. The summed E-state index contributed by atoms with van der Waals surface area (Å²) in [5, 5.41) is 3.06. The van der Waals surface area contributed by atoms with Crippen molar-refractivity contribution in [2.24, 2.45) is 14.1 Å². The van der Waals surface area contributed by atoms with E-state index >= 15 is 0 Å². The second-order valence-corrected chi connectivity index (χ2v) is 6.29. The highest BCUT2D eigenvalue weighted by Crippen LogP contribution is 2.36. The van der Waals surface area contributed by atoms with Gasteiger partial charge in [0.15, 0.2) is 0 Å². The molecule has 0 radical (unpaired) electrons. The van der Waals surface area contributed by atoms with Gasteiger partial charge in [-0.1, -0.05) is 0 Å². The van der Waals surface area contributed by atoms with E-state index in [0.717, 1.165) is 17.4 Å². The predicted molar refractivity (Wildman–Crippen MR) is 92.9 cm³/mol. The summed E-state index contributed by atoms with van der Waals surface area (Å²) in [6, 6.07) is 5.56. The molecule has 8 nitrogen and oxygen atoms in total. The van der Waals surface area contributed by atoms with Crippen LogP contribution in [0.2, 0.25) is 0 Å². The lowest BCUT2D eigenvalue weighted by atomic mass is 10.3. The van der Waals surface area contributed by atoms with Crippen LogP contribution in [0.5, 0.6) is 0 Å². The van der Waals surface area contributed by atoms with Gasteiger partial charge in [0.1, 0.15) is 11.3 Å². The van der Waals surface area contributed by atoms with Crippen LogP contribution in [0.1, 0.15) is 29.4 Å². The van der Waals surface area contributed by atoms with Crippen molar-refractivity contribution in [3.8, 4) is 0 Å². The normalized spacial score (nSPS) is 14.0. The van der Waals surface area contributed by atoms with Crippen LogP contribution in [0.15, 0.2) is 40.2 Å². The molecule has 0 saturated heterocycles. The number of carbonyl (C=O) groups is 1. The van der Waals surface area contributed by atoms with E-state index in [4.69, 9.17) is 0 Å². The third-order valence-electron chi connectivity index (χ3n) is 4.50. The Morgan fingerprint density at radius 3 is 2.72 bits per heavy atom. The number of anilines is 1. The lowest BCUT2D eigenvalue weighted by Crippen LogP contribution is -2.37. The SMILES string of the molecule is Cn1c(=O)c2cc(NC(=O)c3cccn3C3CC3)cnc2n(C)c1=O. The van der Waals surface area contributed by atoms with Crippen molar-refractivity contribution in [2.45, 2.75) is 18.9 Å². The van der Waals surface area contributed by atoms with Crippen molar-refractivity contribution < 1.29 is 4.79 Å². The zero-order chi connectivity index (χ0) is 17.7. The van der Waals surface area contributed by atoms with Crippen LogP contribution >= 0.6 is 0 Å². The first-order valence-electron chi connectivity index (χ1n) is 8.01. The molecule has 25 heavy (non-hydrogen) atoms. The number of carbonyl (C=O) groups excluding carboxylic acids is 1. The van der Waals surface area contributed by atoms with Gasteiger partial charge in [0.05, 0.1) is 17.3 Å². The Labute approximate surface area is 142 Å². The van der Waals surface area contributed by atoms with Crippen molar-refractivity contribution in [3.63, 3.8) is 0 Å². The van der Waals surface area contributed by atoms with Crippen molar-refractivity contribution in [1.29, 1.82) is 0 Å². The van der Waals surface area contributed by atoms with Crippen LogP contribution in [0.4, 0.5) is 5.69 Å². The highest BCUT2D eigenvalue weighted by molar-refractivity contribution is 6.03. The maximum Gasteiger partial charge on any atom is 0.332 e. The summed E-state index contributed by atoms with van der Waals surface area (Å²) in [7, 11) is 2.97. The summed E-state index contributed by atoms with van der Waals surface area (Å²) in [5.74, 6) is -0.250. The second kappa shape index (κ2) is 5.44. The minimum atomic E-state index is -0.442. The summed E-state index contributed by atoms with van der Waals surface area (Å²) >= 11 is 0. The van der Waals surface area contributed by atoms with E-state index in [2.05, 4.69) is 10.3 Å². The van der Waals surface area contributed by atoms with Crippen molar-refractivity contribution in [3.05, 3.63) is 57.1 Å². The molecule has 3 heterocycles. The van der Waals surface area contributed by atoms with Gasteiger partial charge in [-0.05, 0) is 31.0 Å². The Balaban J connectivity index is 1.73. The van der Waals surface area contributed by atoms with E-state index < -0.39 is 11.2 Å². The number of hydrogen-bond donors (Lipinski definition) is 1. The zero-order valence-electron chi connectivity index (χ0n) is 13.9. The van der Waals surface area contributed by atoms with Gasteiger partial charge in [-0.15, -0.1) is 0 Å². The summed E-state index contributed by atoms with van der Waals surface area (Å²) < 4.78 is 4.29. The van der Waals surface area contributed by atoms with E-state index in [1.54, 1.807) is 19.2 Å². The topological polar surface area (TPSA) is 90.9 Å². The number of fused-ring (bicyclic) bond motifs is 1. The van der Waals surface area contributed by atoms with Gasteiger partial charge in [0.2, 0.25) is 0 Å². The zero-order valence-corrected chi connectivity index (χ0v) is 13.9. The molecule has 1 saturated carbocycles. The van der Waals surface area contributed by atoms with Crippen molar-refractivity contribution >= 4 is 22.6 Å². The average molecular weight is 339 g/mol. The number of amides is 1. The van der Waals surface area contributed by atoms with Gasteiger partial charge >= 0.3 is 5.69 Å². The van der Waals surface area contributed by atoms with Crippen LogP contribution in [-0.4, -0.2) is 24.6 Å². The standard InChI is InChI=1S/C17H17N5O3/c1-20-14-12(16(24)21(2)17(20)25)8-10(9-18-14)19-15(23)13-4-3-7-22(13)11-5-6-11/h3-4,7-9,11H,5-6H2,1-2H3,(H,19,23). The monoisotopic (exact) mass is 339 g/mol. The molecule has 0 spiro atoms. The van der Waals surface area contributed by atoms with E-state index in [9.17, 15) is 14.4 Å². The van der Waals surface area contributed by atoms with Gasteiger partial charge in [0.25, 0.3) is 11.5 Å². The molecule has 8 heteroatoms. The number of nitrogens with one attached hydrogen (secondary N) is 1. The molecule has 0 atom stereocenters. The fourth-order valence-corrected chi connectivity index (χ4v) is 2.99. The smallest absolute Gasteiger partial charge is 0.332 e. The van der Waals surface area contributed by atoms with Crippen LogP contribution in [0.3, 0.4) is 0 Å². The van der Waals surface area contributed by atoms with Gasteiger partial charge in [0, 0.05) is 26.3 Å². The Morgan fingerprint density at radius 2 is 2.00 bits per heavy atom. The average Bonchev–Trinajstić information content (AvgIpc) is 3.34. The molecular formula is C17H17N5O3. The molecular weight excluding hydrogens is 322 g/mol. The first kappa shape index (κ1) is 15.4. The third-order valence-corrected chi connectivity index (χ3v) is 4.50. The minimum Gasteiger partial charge on any atom is -0.340 e. The van der Waals surface area contributed by atoms with Crippen LogP contribution in [0.25, 0.3) is 11.0 Å². The molecule has 1 amide bonds. The summed E-state index contributed by atoms with van der Waals surface area (Å²) in [6.07, 6.45) is 5.51. The van der Waals surface area contributed by atoms with Crippen molar-refractivity contribution in [2.75, 3.05) is 5.32 Å². The summed E-state index contributed by atoms with van der Waals surface area (Å²) in [6.45, 7) is 0. The first-order chi connectivity index (χ1) is 12.0. The maximum atomic E-state index is 12.5. The van der Waals surface area contributed by atoms with Crippen LogP contribution < -0.4 is 16.6 Å². The Morgan fingerprint density at radius 1 is 1.24 bits per heavy atom. The summed E-state index contributed by atoms with van der Waals surface area (Å²) in [5.41, 5.74) is 0.396. The lowest BCUT2D eigenvalue weighted by molar-refractivity contribution is 0.101. The number of rotatable bonds is 3. The Hall–Kier alpha value is -3.16.